The molecule has 118 valence electrons. The molecule has 0 radical (unpaired) electrons. The monoisotopic (exact) mass is 361 g/mol. The van der Waals surface area contributed by atoms with Gasteiger partial charge in [0.1, 0.15) is 5.76 Å². The van der Waals surface area contributed by atoms with E-state index in [9.17, 15) is 13.2 Å². The normalized spacial score (nSPS) is 11.4. The minimum absolute atomic E-state index is 0.0423. The lowest BCUT2D eigenvalue weighted by Gasteiger charge is -2.06. The first kappa shape index (κ1) is 16.9. The van der Waals surface area contributed by atoms with Gasteiger partial charge >= 0.3 is 0 Å². The minimum atomic E-state index is -3.59. The molecule has 1 N–H and O–H groups in total. The van der Waals surface area contributed by atoms with Gasteiger partial charge in [-0.3, -0.25) is 4.79 Å². The standard InChI is InChI=1S/C14H13Cl2NO4S/c15-12-4-3-11(8-13(12)16)22(19,20)7-5-14(18)17-9-10-2-1-6-21-10/h1-4,6,8H,5,7,9H2,(H,17,18). The molecule has 0 saturated heterocycles. The molecule has 0 fully saturated rings. The zero-order valence-electron chi connectivity index (χ0n) is 11.4. The van der Waals surface area contributed by atoms with Gasteiger partial charge in [0.15, 0.2) is 9.84 Å². The van der Waals surface area contributed by atoms with Crippen LogP contribution in [0, 0.1) is 0 Å². The fourth-order valence-corrected chi connectivity index (χ4v) is 3.33. The highest BCUT2D eigenvalue weighted by Crippen LogP contribution is 2.25. The summed E-state index contributed by atoms with van der Waals surface area (Å²) in [6.45, 7) is 0.221. The molecule has 22 heavy (non-hydrogen) atoms. The fraction of sp³-hybridized carbons (Fsp3) is 0.214. The molecule has 1 heterocycles. The van der Waals surface area contributed by atoms with Crippen LogP contribution in [0.4, 0.5) is 0 Å². The Morgan fingerprint density at radius 1 is 1.18 bits per heavy atom. The Hall–Kier alpha value is -1.50. The van der Waals surface area contributed by atoms with Gasteiger partial charge < -0.3 is 9.73 Å². The highest BCUT2D eigenvalue weighted by atomic mass is 35.5. The van der Waals surface area contributed by atoms with E-state index in [0.717, 1.165) is 0 Å². The number of halogens is 2. The van der Waals surface area contributed by atoms with Crippen molar-refractivity contribution in [2.24, 2.45) is 0 Å². The minimum Gasteiger partial charge on any atom is -0.467 e. The Morgan fingerprint density at radius 2 is 1.95 bits per heavy atom. The molecule has 5 nitrogen and oxygen atoms in total. The molecular formula is C14H13Cl2NO4S. The van der Waals surface area contributed by atoms with E-state index in [4.69, 9.17) is 27.6 Å². The number of nitrogens with one attached hydrogen (secondary N) is 1. The predicted molar refractivity (Wildman–Crippen MR) is 83.7 cm³/mol. The summed E-state index contributed by atoms with van der Waals surface area (Å²) < 4.78 is 29.3. The Morgan fingerprint density at radius 3 is 2.59 bits per heavy atom. The lowest BCUT2D eigenvalue weighted by molar-refractivity contribution is -0.120. The van der Waals surface area contributed by atoms with Crippen molar-refractivity contribution >= 4 is 38.9 Å². The van der Waals surface area contributed by atoms with Crippen molar-refractivity contribution in [3.63, 3.8) is 0 Å². The first-order chi connectivity index (χ1) is 10.4. The molecule has 1 aromatic carbocycles. The van der Waals surface area contributed by atoms with E-state index in [2.05, 4.69) is 5.32 Å². The summed E-state index contributed by atoms with van der Waals surface area (Å²) in [5.74, 6) is -0.0877. The maximum Gasteiger partial charge on any atom is 0.221 e. The molecular weight excluding hydrogens is 349 g/mol. The molecule has 2 aromatic rings. The molecule has 0 spiro atoms. The van der Waals surface area contributed by atoms with Crippen LogP contribution >= 0.6 is 23.2 Å². The number of carbonyl (C=O) groups excluding carboxylic acids is 1. The molecule has 0 saturated carbocycles. The van der Waals surface area contributed by atoms with E-state index < -0.39 is 9.84 Å². The Labute approximate surface area is 138 Å². The molecule has 0 bridgehead atoms. The predicted octanol–water partition coefficient (Wildman–Crippen LogP) is 3.07. The first-order valence-electron chi connectivity index (χ1n) is 6.35. The Balaban J connectivity index is 1.91. The third-order valence-electron chi connectivity index (χ3n) is 2.89. The van der Waals surface area contributed by atoms with Gasteiger partial charge in [-0.15, -0.1) is 0 Å². The smallest absolute Gasteiger partial charge is 0.221 e. The van der Waals surface area contributed by atoms with Crippen LogP contribution in [-0.2, 0) is 21.2 Å². The maximum absolute atomic E-state index is 12.1. The van der Waals surface area contributed by atoms with Gasteiger partial charge in [-0.05, 0) is 30.3 Å². The summed E-state index contributed by atoms with van der Waals surface area (Å²) >= 11 is 11.6. The average Bonchev–Trinajstić information content (AvgIpc) is 2.99. The van der Waals surface area contributed by atoms with Gasteiger partial charge in [-0.2, -0.15) is 0 Å². The summed E-state index contributed by atoms with van der Waals surface area (Å²) in [4.78, 5) is 11.7. The maximum atomic E-state index is 12.1. The van der Waals surface area contributed by atoms with Gasteiger partial charge in [-0.25, -0.2) is 8.42 Å². The van der Waals surface area contributed by atoms with E-state index in [-0.39, 0.29) is 39.6 Å². The molecule has 1 amide bonds. The topological polar surface area (TPSA) is 76.4 Å². The van der Waals surface area contributed by atoms with Crippen molar-refractivity contribution in [1.82, 2.24) is 5.32 Å². The number of rotatable bonds is 6. The quantitative estimate of drug-likeness (QED) is 0.857. The number of sulfone groups is 1. The van der Waals surface area contributed by atoms with Crippen molar-refractivity contribution in [2.75, 3.05) is 5.75 Å². The van der Waals surface area contributed by atoms with Crippen LogP contribution < -0.4 is 5.32 Å². The summed E-state index contributed by atoms with van der Waals surface area (Å²) in [6, 6.07) is 7.47. The summed E-state index contributed by atoms with van der Waals surface area (Å²) in [5, 5.41) is 3.02. The average molecular weight is 362 g/mol. The molecule has 0 atom stereocenters. The van der Waals surface area contributed by atoms with Gasteiger partial charge in [-0.1, -0.05) is 23.2 Å². The van der Waals surface area contributed by atoms with Gasteiger partial charge in [0.25, 0.3) is 0 Å². The van der Waals surface area contributed by atoms with Crippen molar-refractivity contribution < 1.29 is 17.6 Å². The summed E-state index contributed by atoms with van der Waals surface area (Å²) in [6.07, 6.45) is 1.35. The van der Waals surface area contributed by atoms with Crippen LogP contribution in [0.2, 0.25) is 10.0 Å². The van der Waals surface area contributed by atoms with Crippen molar-refractivity contribution in [3.05, 3.63) is 52.4 Å². The van der Waals surface area contributed by atoms with Crippen LogP contribution in [0.25, 0.3) is 0 Å². The number of furan rings is 1. The Bertz CT molecular complexity index is 757. The fourth-order valence-electron chi connectivity index (χ4n) is 1.70. The lowest BCUT2D eigenvalue weighted by atomic mass is 10.4. The zero-order chi connectivity index (χ0) is 16.2. The molecule has 0 unspecified atom stereocenters. The van der Waals surface area contributed by atoms with Crippen LogP contribution in [0.15, 0.2) is 45.9 Å². The number of hydrogen-bond donors (Lipinski definition) is 1. The van der Waals surface area contributed by atoms with Crippen LogP contribution in [-0.4, -0.2) is 20.1 Å². The molecule has 0 aliphatic carbocycles. The lowest BCUT2D eigenvalue weighted by Crippen LogP contribution is -2.25. The SMILES string of the molecule is O=C(CCS(=O)(=O)c1ccc(Cl)c(Cl)c1)NCc1ccco1. The van der Waals surface area contributed by atoms with Gasteiger partial charge in [0, 0.05) is 6.42 Å². The number of carbonyl (C=O) groups is 1. The van der Waals surface area contributed by atoms with E-state index in [1.807, 2.05) is 0 Å². The highest BCUT2D eigenvalue weighted by molar-refractivity contribution is 7.91. The van der Waals surface area contributed by atoms with E-state index >= 15 is 0 Å². The zero-order valence-corrected chi connectivity index (χ0v) is 13.7. The van der Waals surface area contributed by atoms with Gasteiger partial charge in [0.2, 0.25) is 5.91 Å². The first-order valence-corrected chi connectivity index (χ1v) is 8.76. The van der Waals surface area contributed by atoms with E-state index in [1.165, 1.54) is 24.5 Å². The largest absolute Gasteiger partial charge is 0.467 e. The highest BCUT2D eigenvalue weighted by Gasteiger charge is 2.17. The van der Waals surface area contributed by atoms with Crippen molar-refractivity contribution in [3.8, 4) is 0 Å². The van der Waals surface area contributed by atoms with Gasteiger partial charge in [0.05, 0.1) is 33.5 Å². The van der Waals surface area contributed by atoms with Crippen LogP contribution in [0.1, 0.15) is 12.2 Å². The van der Waals surface area contributed by atoms with Crippen molar-refractivity contribution in [1.29, 1.82) is 0 Å². The molecule has 1 aromatic heterocycles. The Kier molecular flexibility index (Phi) is 5.50. The van der Waals surface area contributed by atoms with Crippen LogP contribution in [0.3, 0.4) is 0 Å². The molecule has 2 rings (SSSR count). The second-order valence-electron chi connectivity index (χ2n) is 4.50. The number of hydrogen-bond acceptors (Lipinski definition) is 4. The number of benzene rings is 1. The third-order valence-corrected chi connectivity index (χ3v) is 5.34. The molecule has 0 aliphatic rings. The van der Waals surface area contributed by atoms with E-state index in [0.29, 0.717) is 5.76 Å². The number of amides is 1. The second-order valence-corrected chi connectivity index (χ2v) is 7.42. The summed E-state index contributed by atoms with van der Waals surface area (Å²) in [5.41, 5.74) is 0. The van der Waals surface area contributed by atoms with E-state index in [1.54, 1.807) is 12.1 Å². The molecule has 8 heteroatoms. The molecule has 0 aliphatic heterocycles. The van der Waals surface area contributed by atoms with Crippen LogP contribution in [0.5, 0.6) is 0 Å². The summed E-state index contributed by atoms with van der Waals surface area (Å²) in [7, 11) is -3.59. The third kappa shape index (κ3) is 4.50. The van der Waals surface area contributed by atoms with Crippen molar-refractivity contribution in [2.45, 2.75) is 17.9 Å². The second kappa shape index (κ2) is 7.17.